The van der Waals surface area contributed by atoms with Crippen molar-refractivity contribution in [2.75, 3.05) is 12.8 Å². The molecule has 1 aliphatic rings. The molecule has 0 spiro atoms. The summed E-state index contributed by atoms with van der Waals surface area (Å²) < 4.78 is 0.196. The fraction of sp³-hybridized carbons (Fsp3) is 0.846. The average Bonchev–Trinajstić information content (AvgIpc) is 2.83. The maximum Gasteiger partial charge on any atom is 0.315 e. The Hall–Kier alpha value is -0.910. The van der Waals surface area contributed by atoms with Crippen molar-refractivity contribution in [1.29, 1.82) is 0 Å². The van der Waals surface area contributed by atoms with Crippen LogP contribution in [0.3, 0.4) is 0 Å². The molecule has 19 heavy (non-hydrogen) atoms. The van der Waals surface area contributed by atoms with Crippen LogP contribution >= 0.6 is 11.8 Å². The van der Waals surface area contributed by atoms with Crippen LogP contribution in [0.25, 0.3) is 0 Å². The number of carboxylic acids is 1. The topological polar surface area (TPSA) is 78.4 Å². The van der Waals surface area contributed by atoms with E-state index in [4.69, 9.17) is 5.11 Å². The Labute approximate surface area is 118 Å². The lowest BCUT2D eigenvalue weighted by atomic mass is 10.1. The van der Waals surface area contributed by atoms with E-state index in [9.17, 15) is 9.59 Å². The minimum Gasteiger partial charge on any atom is -0.481 e. The Balaban J connectivity index is 2.25. The molecule has 0 radical (unpaired) electrons. The normalized spacial score (nSPS) is 18.8. The van der Waals surface area contributed by atoms with Gasteiger partial charge in [0.15, 0.2) is 0 Å². The highest BCUT2D eigenvalue weighted by atomic mass is 32.2. The third kappa shape index (κ3) is 5.72. The molecule has 1 aliphatic carbocycles. The lowest BCUT2D eigenvalue weighted by molar-refractivity contribution is -0.137. The summed E-state index contributed by atoms with van der Waals surface area (Å²) in [5.74, 6) is -0.832. The molecular weight excluding hydrogens is 264 g/mol. The zero-order chi connectivity index (χ0) is 14.3. The molecule has 0 saturated heterocycles. The summed E-state index contributed by atoms with van der Waals surface area (Å²) in [7, 11) is 0. The van der Waals surface area contributed by atoms with Crippen LogP contribution < -0.4 is 10.6 Å². The average molecular weight is 288 g/mol. The number of urea groups is 1. The SMILES string of the molecule is CSC1(CNC(=O)NC(C)CCC(=O)O)CCCC1. The van der Waals surface area contributed by atoms with Gasteiger partial charge in [-0.2, -0.15) is 11.8 Å². The summed E-state index contributed by atoms with van der Waals surface area (Å²) in [6.07, 6.45) is 7.41. The smallest absolute Gasteiger partial charge is 0.315 e. The molecule has 1 rings (SSSR count). The van der Waals surface area contributed by atoms with Gasteiger partial charge in [0, 0.05) is 23.8 Å². The van der Waals surface area contributed by atoms with Crippen LogP contribution in [0.2, 0.25) is 0 Å². The summed E-state index contributed by atoms with van der Waals surface area (Å²) in [5.41, 5.74) is 0. The molecular formula is C13H24N2O3S. The summed E-state index contributed by atoms with van der Waals surface area (Å²) in [6.45, 7) is 2.51. The second-order valence-corrected chi connectivity index (χ2v) is 6.53. The van der Waals surface area contributed by atoms with Gasteiger partial charge in [0.1, 0.15) is 0 Å². The third-order valence-corrected chi connectivity index (χ3v) is 5.11. The molecule has 110 valence electrons. The number of hydrogen-bond acceptors (Lipinski definition) is 3. The Bertz CT molecular complexity index is 317. The van der Waals surface area contributed by atoms with Gasteiger partial charge in [-0.3, -0.25) is 4.79 Å². The molecule has 0 heterocycles. The Morgan fingerprint density at radius 1 is 1.37 bits per heavy atom. The van der Waals surface area contributed by atoms with Crippen molar-refractivity contribution in [2.24, 2.45) is 0 Å². The zero-order valence-electron chi connectivity index (χ0n) is 11.7. The third-order valence-electron chi connectivity index (χ3n) is 3.69. The second-order valence-electron chi connectivity index (χ2n) is 5.25. The number of thioether (sulfide) groups is 1. The van der Waals surface area contributed by atoms with Gasteiger partial charge in [-0.1, -0.05) is 12.8 Å². The molecule has 1 unspecified atom stereocenters. The van der Waals surface area contributed by atoms with Crippen LogP contribution in [0, 0.1) is 0 Å². The van der Waals surface area contributed by atoms with Crippen molar-refractivity contribution in [3.05, 3.63) is 0 Å². The molecule has 0 aliphatic heterocycles. The molecule has 2 amide bonds. The fourth-order valence-corrected chi connectivity index (χ4v) is 3.31. The minimum atomic E-state index is -0.832. The standard InChI is InChI=1S/C13H24N2O3S/c1-10(5-6-11(16)17)15-12(18)14-9-13(19-2)7-3-4-8-13/h10H,3-9H2,1-2H3,(H,16,17)(H2,14,15,18). The van der Waals surface area contributed by atoms with Crippen LogP contribution in [0.1, 0.15) is 45.4 Å². The van der Waals surface area contributed by atoms with Crippen LogP contribution in [0.4, 0.5) is 4.79 Å². The van der Waals surface area contributed by atoms with Crippen LogP contribution in [-0.2, 0) is 4.79 Å². The number of amides is 2. The number of carbonyl (C=O) groups excluding carboxylic acids is 1. The molecule has 3 N–H and O–H groups in total. The molecule has 0 bridgehead atoms. The predicted octanol–water partition coefficient (Wildman–Crippen LogP) is 2.21. The number of aliphatic carboxylic acids is 1. The molecule has 0 aromatic rings. The molecule has 5 nitrogen and oxygen atoms in total. The largest absolute Gasteiger partial charge is 0.481 e. The summed E-state index contributed by atoms with van der Waals surface area (Å²) in [4.78, 5) is 22.2. The summed E-state index contributed by atoms with van der Waals surface area (Å²) in [5, 5.41) is 14.3. The van der Waals surface area contributed by atoms with Crippen LogP contribution in [0.5, 0.6) is 0 Å². The minimum absolute atomic E-state index is 0.0796. The van der Waals surface area contributed by atoms with Crippen LogP contribution in [-0.4, -0.2) is 40.7 Å². The van der Waals surface area contributed by atoms with Crippen molar-refractivity contribution < 1.29 is 14.7 Å². The zero-order valence-corrected chi connectivity index (χ0v) is 12.5. The van der Waals surface area contributed by atoms with E-state index in [1.807, 2.05) is 18.7 Å². The number of hydrogen-bond donors (Lipinski definition) is 3. The highest BCUT2D eigenvalue weighted by Crippen LogP contribution is 2.39. The van der Waals surface area contributed by atoms with Gasteiger partial charge in [-0.25, -0.2) is 4.79 Å². The first-order valence-electron chi connectivity index (χ1n) is 6.79. The lowest BCUT2D eigenvalue weighted by Crippen LogP contribution is -2.46. The van der Waals surface area contributed by atoms with E-state index in [0.717, 1.165) is 12.8 Å². The molecule has 0 aromatic heterocycles. The van der Waals surface area contributed by atoms with E-state index in [0.29, 0.717) is 13.0 Å². The second kappa shape index (κ2) is 7.62. The van der Waals surface area contributed by atoms with Crippen molar-refractivity contribution in [3.8, 4) is 0 Å². The Morgan fingerprint density at radius 2 is 2.00 bits per heavy atom. The quantitative estimate of drug-likeness (QED) is 0.671. The molecule has 0 aromatic carbocycles. The predicted molar refractivity (Wildman–Crippen MR) is 77.6 cm³/mol. The van der Waals surface area contributed by atoms with Crippen molar-refractivity contribution in [1.82, 2.24) is 10.6 Å². The van der Waals surface area contributed by atoms with Gasteiger partial charge < -0.3 is 15.7 Å². The number of rotatable bonds is 7. The van der Waals surface area contributed by atoms with Gasteiger partial charge in [-0.05, 0) is 32.4 Å². The van der Waals surface area contributed by atoms with E-state index in [1.165, 1.54) is 12.8 Å². The van der Waals surface area contributed by atoms with Crippen LogP contribution in [0.15, 0.2) is 0 Å². The van der Waals surface area contributed by atoms with Crippen molar-refractivity contribution in [2.45, 2.75) is 56.2 Å². The van der Waals surface area contributed by atoms with Crippen molar-refractivity contribution in [3.63, 3.8) is 0 Å². The van der Waals surface area contributed by atoms with E-state index >= 15 is 0 Å². The molecule has 6 heteroatoms. The summed E-state index contributed by atoms with van der Waals surface area (Å²) >= 11 is 1.83. The monoisotopic (exact) mass is 288 g/mol. The Kier molecular flexibility index (Phi) is 6.48. The van der Waals surface area contributed by atoms with Gasteiger partial charge >= 0.3 is 12.0 Å². The van der Waals surface area contributed by atoms with E-state index in [2.05, 4.69) is 16.9 Å². The van der Waals surface area contributed by atoms with E-state index in [1.54, 1.807) is 0 Å². The van der Waals surface area contributed by atoms with E-state index < -0.39 is 5.97 Å². The fourth-order valence-electron chi connectivity index (χ4n) is 2.40. The van der Waals surface area contributed by atoms with Gasteiger partial charge in [-0.15, -0.1) is 0 Å². The first-order chi connectivity index (χ1) is 8.97. The summed E-state index contributed by atoms with van der Waals surface area (Å²) in [6, 6.07) is -0.317. The first-order valence-corrected chi connectivity index (χ1v) is 8.01. The number of carbonyl (C=O) groups is 2. The molecule has 1 saturated carbocycles. The van der Waals surface area contributed by atoms with Gasteiger partial charge in [0.05, 0.1) is 0 Å². The first kappa shape index (κ1) is 16.1. The highest BCUT2D eigenvalue weighted by Gasteiger charge is 2.33. The van der Waals surface area contributed by atoms with Gasteiger partial charge in [0.25, 0.3) is 0 Å². The van der Waals surface area contributed by atoms with Gasteiger partial charge in [0.2, 0.25) is 0 Å². The van der Waals surface area contributed by atoms with E-state index in [-0.39, 0.29) is 23.2 Å². The number of nitrogens with one attached hydrogen (secondary N) is 2. The molecule has 1 fully saturated rings. The Morgan fingerprint density at radius 3 is 2.53 bits per heavy atom. The lowest BCUT2D eigenvalue weighted by Gasteiger charge is -2.27. The number of carboxylic acid groups (broad SMARTS) is 1. The maximum atomic E-state index is 11.7. The molecule has 1 atom stereocenters. The maximum absolute atomic E-state index is 11.7. The highest BCUT2D eigenvalue weighted by molar-refractivity contribution is 8.00. The van der Waals surface area contributed by atoms with Crippen molar-refractivity contribution >= 4 is 23.8 Å².